The summed E-state index contributed by atoms with van der Waals surface area (Å²) in [6.45, 7) is 7.07. The fraction of sp³-hybridized carbons (Fsp3) is 0.763. The zero-order valence-electron chi connectivity index (χ0n) is 30.4. The molecule has 10 nitrogen and oxygen atoms in total. The number of allylic oxidation sites excluding steroid dienone is 2. The van der Waals surface area contributed by atoms with Crippen LogP contribution in [0, 0.1) is 11.8 Å². The molecule has 2 rings (SSSR count). The van der Waals surface area contributed by atoms with E-state index in [0.717, 1.165) is 25.7 Å². The number of nitrogens with two attached hydrogens (primary N) is 2. The normalized spacial score (nSPS) is 13.6. The standard InChI is InChI=1S/C38H66N6O4/c1-4-6-7-8-9-10-11-12-13-14-15-16-17-18-19-20-21-22-23-24-34(45)48-29-32(25-26-47-37(46)35(39)31(3)5-2)28-44-30-42-33-27-41-38(40)43-36(33)44/h12-13,27,30-32,35H,4-11,14-26,28-29,39H2,1-3H3,(H2,40,41,43)/t31-,32+,35-/m0/s1. The summed E-state index contributed by atoms with van der Waals surface area (Å²) >= 11 is 0. The maximum absolute atomic E-state index is 12.6. The summed E-state index contributed by atoms with van der Waals surface area (Å²) < 4.78 is 13.0. The van der Waals surface area contributed by atoms with E-state index in [1.807, 2.05) is 18.4 Å². The minimum Gasteiger partial charge on any atom is -0.465 e. The molecule has 2 aromatic heterocycles. The maximum atomic E-state index is 12.6. The number of hydrogen-bond acceptors (Lipinski definition) is 9. The first-order valence-corrected chi connectivity index (χ1v) is 19.0. The van der Waals surface area contributed by atoms with Gasteiger partial charge in [0.2, 0.25) is 5.95 Å². The third-order valence-corrected chi connectivity index (χ3v) is 9.25. The molecule has 10 heteroatoms. The van der Waals surface area contributed by atoms with Gasteiger partial charge in [0.15, 0.2) is 5.65 Å². The van der Waals surface area contributed by atoms with Gasteiger partial charge >= 0.3 is 11.9 Å². The predicted octanol–water partition coefficient (Wildman–Crippen LogP) is 8.47. The molecular weight excluding hydrogens is 604 g/mol. The van der Waals surface area contributed by atoms with Crippen LogP contribution in [0.4, 0.5) is 5.95 Å². The first kappa shape index (κ1) is 41.2. The molecule has 0 aromatic carbocycles. The van der Waals surface area contributed by atoms with Gasteiger partial charge in [-0.05, 0) is 44.4 Å². The molecule has 48 heavy (non-hydrogen) atoms. The summed E-state index contributed by atoms with van der Waals surface area (Å²) in [5.41, 5.74) is 13.1. The highest BCUT2D eigenvalue weighted by Gasteiger charge is 2.22. The lowest BCUT2D eigenvalue weighted by molar-refractivity contribution is -0.149. The van der Waals surface area contributed by atoms with Crippen molar-refractivity contribution in [2.75, 3.05) is 18.9 Å². The molecule has 0 bridgehead atoms. The van der Waals surface area contributed by atoms with Gasteiger partial charge in [0.1, 0.15) is 11.6 Å². The number of esters is 2. The molecule has 0 saturated carbocycles. The number of imidazole rings is 1. The summed E-state index contributed by atoms with van der Waals surface area (Å²) in [5, 5.41) is 0. The summed E-state index contributed by atoms with van der Waals surface area (Å²) in [7, 11) is 0. The topological polar surface area (TPSA) is 148 Å². The predicted molar refractivity (Wildman–Crippen MR) is 195 cm³/mol. The fourth-order valence-electron chi connectivity index (χ4n) is 5.75. The van der Waals surface area contributed by atoms with Crippen molar-refractivity contribution >= 4 is 29.1 Å². The highest BCUT2D eigenvalue weighted by atomic mass is 16.5. The van der Waals surface area contributed by atoms with Crippen molar-refractivity contribution in [1.29, 1.82) is 0 Å². The van der Waals surface area contributed by atoms with Crippen molar-refractivity contribution in [3.05, 3.63) is 24.7 Å². The number of hydrogen-bond donors (Lipinski definition) is 2. The Kier molecular flexibility index (Phi) is 22.2. The molecule has 0 unspecified atom stereocenters. The number of carbonyl (C=O) groups excluding carboxylic acids is 2. The average Bonchev–Trinajstić information content (AvgIpc) is 3.48. The van der Waals surface area contributed by atoms with Crippen molar-refractivity contribution in [2.45, 2.75) is 162 Å². The molecule has 2 aromatic rings. The van der Waals surface area contributed by atoms with E-state index < -0.39 is 12.0 Å². The van der Waals surface area contributed by atoms with E-state index in [1.165, 1.54) is 89.9 Å². The van der Waals surface area contributed by atoms with Gasteiger partial charge < -0.3 is 25.5 Å². The van der Waals surface area contributed by atoms with Crippen LogP contribution in [0.1, 0.15) is 149 Å². The van der Waals surface area contributed by atoms with Crippen LogP contribution >= 0.6 is 0 Å². The van der Waals surface area contributed by atoms with E-state index in [2.05, 4.69) is 34.0 Å². The van der Waals surface area contributed by atoms with Gasteiger partial charge in [0.25, 0.3) is 0 Å². The number of nitrogens with zero attached hydrogens (tertiary/aromatic N) is 4. The van der Waals surface area contributed by atoms with Crippen molar-refractivity contribution < 1.29 is 19.1 Å². The van der Waals surface area contributed by atoms with Crippen molar-refractivity contribution in [2.24, 2.45) is 17.6 Å². The van der Waals surface area contributed by atoms with Crippen LogP contribution in [-0.2, 0) is 25.6 Å². The fourth-order valence-corrected chi connectivity index (χ4v) is 5.75. The monoisotopic (exact) mass is 671 g/mol. The third-order valence-electron chi connectivity index (χ3n) is 9.25. The zero-order valence-corrected chi connectivity index (χ0v) is 30.4. The second kappa shape index (κ2) is 25.9. The summed E-state index contributed by atoms with van der Waals surface area (Å²) in [6, 6.07) is -0.652. The van der Waals surface area contributed by atoms with E-state index >= 15 is 0 Å². The highest BCUT2D eigenvalue weighted by molar-refractivity contribution is 5.75. The Morgan fingerprint density at radius 2 is 1.46 bits per heavy atom. The Labute approximate surface area is 290 Å². The van der Waals surface area contributed by atoms with E-state index in [0.29, 0.717) is 30.6 Å². The molecule has 0 spiro atoms. The molecule has 0 fully saturated rings. The molecule has 3 atom stereocenters. The number of fused-ring (bicyclic) bond motifs is 1. The Bertz CT molecular complexity index is 1170. The zero-order chi connectivity index (χ0) is 34.8. The Morgan fingerprint density at radius 3 is 2.08 bits per heavy atom. The van der Waals surface area contributed by atoms with Gasteiger partial charge in [0.05, 0.1) is 25.7 Å². The average molecular weight is 671 g/mol. The number of carbonyl (C=O) groups is 2. The molecule has 0 aliphatic rings. The van der Waals surface area contributed by atoms with Crippen LogP contribution < -0.4 is 11.5 Å². The van der Waals surface area contributed by atoms with Gasteiger partial charge in [-0.3, -0.25) is 9.59 Å². The first-order valence-electron chi connectivity index (χ1n) is 19.0. The summed E-state index contributed by atoms with van der Waals surface area (Å²) in [4.78, 5) is 37.6. The van der Waals surface area contributed by atoms with E-state index in [-0.39, 0.29) is 37.0 Å². The molecule has 4 N–H and O–H groups in total. The molecule has 2 heterocycles. The number of unbranched alkanes of at least 4 members (excludes halogenated alkanes) is 15. The lowest BCUT2D eigenvalue weighted by atomic mass is 10.0. The van der Waals surface area contributed by atoms with Crippen LogP contribution in [0.25, 0.3) is 11.2 Å². The molecule has 272 valence electrons. The van der Waals surface area contributed by atoms with Crippen molar-refractivity contribution in [1.82, 2.24) is 19.5 Å². The molecular formula is C38H66N6O4. The Hall–Kier alpha value is -3.01. The largest absolute Gasteiger partial charge is 0.465 e. The first-order chi connectivity index (χ1) is 23.3. The lowest BCUT2D eigenvalue weighted by Crippen LogP contribution is -2.38. The van der Waals surface area contributed by atoms with Gasteiger partial charge in [-0.15, -0.1) is 0 Å². The number of rotatable bonds is 29. The van der Waals surface area contributed by atoms with Crippen LogP contribution in [0.3, 0.4) is 0 Å². The highest BCUT2D eigenvalue weighted by Crippen LogP contribution is 2.17. The van der Waals surface area contributed by atoms with E-state index in [4.69, 9.17) is 20.9 Å². The van der Waals surface area contributed by atoms with E-state index in [9.17, 15) is 9.59 Å². The Morgan fingerprint density at radius 1 is 0.854 bits per heavy atom. The lowest BCUT2D eigenvalue weighted by Gasteiger charge is -2.20. The molecule has 0 aliphatic carbocycles. The smallest absolute Gasteiger partial charge is 0.323 e. The molecule has 0 radical (unpaired) electrons. The Balaban J connectivity index is 1.59. The molecule has 0 amide bonds. The van der Waals surface area contributed by atoms with Crippen LogP contribution in [-0.4, -0.2) is 50.7 Å². The maximum Gasteiger partial charge on any atom is 0.323 e. The van der Waals surface area contributed by atoms with Crippen LogP contribution in [0.5, 0.6) is 0 Å². The second-order valence-electron chi connectivity index (χ2n) is 13.5. The van der Waals surface area contributed by atoms with Crippen molar-refractivity contribution in [3.8, 4) is 0 Å². The van der Waals surface area contributed by atoms with E-state index in [1.54, 1.807) is 12.5 Å². The van der Waals surface area contributed by atoms with Gasteiger partial charge in [-0.1, -0.05) is 116 Å². The summed E-state index contributed by atoms with van der Waals surface area (Å²) in [6.07, 6.45) is 31.2. The number of ether oxygens (including phenoxy) is 2. The van der Waals surface area contributed by atoms with Gasteiger partial charge in [0, 0.05) is 18.9 Å². The minimum atomic E-state index is -0.652. The third kappa shape index (κ3) is 17.9. The van der Waals surface area contributed by atoms with Gasteiger partial charge in [-0.2, -0.15) is 4.98 Å². The molecule has 0 aliphatic heterocycles. The second-order valence-corrected chi connectivity index (χ2v) is 13.5. The SMILES string of the molecule is CCCCCCCCC=CCCCCCCCCCCCC(=O)OC[C@H](CCOC(=O)[C@@H](N)[C@@H](C)CC)Cn1cnc2cnc(N)nc21. The number of anilines is 1. The summed E-state index contributed by atoms with van der Waals surface area (Å²) in [5.74, 6) is -0.512. The minimum absolute atomic E-state index is 0.0404. The number of aromatic nitrogens is 4. The molecule has 0 saturated heterocycles. The van der Waals surface area contributed by atoms with Crippen molar-refractivity contribution in [3.63, 3.8) is 0 Å². The van der Waals surface area contributed by atoms with Gasteiger partial charge in [-0.25, -0.2) is 9.97 Å². The van der Waals surface area contributed by atoms with Crippen LogP contribution in [0.15, 0.2) is 24.7 Å². The quantitative estimate of drug-likeness (QED) is 0.0494. The van der Waals surface area contributed by atoms with Crippen LogP contribution in [0.2, 0.25) is 0 Å². The number of nitrogen functional groups attached to an aromatic ring is 1.